The summed E-state index contributed by atoms with van der Waals surface area (Å²) in [7, 11) is 0. The third-order valence-electron chi connectivity index (χ3n) is 2.76. The van der Waals surface area contributed by atoms with E-state index < -0.39 is 6.09 Å². The summed E-state index contributed by atoms with van der Waals surface area (Å²) >= 11 is 0. The molecule has 4 heteroatoms. The van der Waals surface area contributed by atoms with Crippen molar-refractivity contribution in [3.63, 3.8) is 0 Å². The third-order valence-corrected chi connectivity index (χ3v) is 2.76. The molecule has 0 aliphatic carbocycles. The molecule has 2 aromatic rings. The van der Waals surface area contributed by atoms with E-state index in [1.165, 1.54) is 12.1 Å². The van der Waals surface area contributed by atoms with E-state index in [1.54, 1.807) is 24.3 Å². The lowest BCUT2D eigenvalue weighted by Gasteiger charge is -2.05. The number of benzene rings is 2. The first kappa shape index (κ1) is 14.8. The summed E-state index contributed by atoms with van der Waals surface area (Å²) in [6.07, 6.45) is 3.11. The molecule has 0 fully saturated rings. The van der Waals surface area contributed by atoms with Crippen LogP contribution in [0.15, 0.2) is 60.7 Å². The Kier molecular flexibility index (Phi) is 5.52. The lowest BCUT2D eigenvalue weighted by atomic mass is 10.2. The fourth-order valence-corrected chi connectivity index (χ4v) is 1.69. The minimum absolute atomic E-state index is 0.244. The van der Waals surface area contributed by atoms with Gasteiger partial charge in [0, 0.05) is 6.54 Å². The van der Waals surface area contributed by atoms with Gasteiger partial charge in [0.1, 0.15) is 12.4 Å². The van der Waals surface area contributed by atoms with Gasteiger partial charge in [-0.05, 0) is 23.3 Å². The van der Waals surface area contributed by atoms with Gasteiger partial charge < -0.3 is 10.1 Å². The summed E-state index contributed by atoms with van der Waals surface area (Å²) in [6, 6.07) is 15.6. The predicted molar refractivity (Wildman–Crippen MR) is 80.1 cm³/mol. The van der Waals surface area contributed by atoms with Crippen LogP contribution in [-0.2, 0) is 11.3 Å². The standard InChI is InChI=1S/C17H16FNO2/c18-16-10-8-14(9-11-16)7-4-12-19-17(20)21-13-15-5-2-1-3-6-15/h1-11H,12-13H2,(H,19,20). The van der Waals surface area contributed by atoms with Gasteiger partial charge in [0.25, 0.3) is 0 Å². The third kappa shape index (κ3) is 5.48. The van der Waals surface area contributed by atoms with Crippen LogP contribution in [0.5, 0.6) is 0 Å². The molecule has 2 rings (SSSR count). The van der Waals surface area contributed by atoms with Crippen molar-refractivity contribution in [3.05, 3.63) is 77.6 Å². The molecule has 2 aromatic carbocycles. The van der Waals surface area contributed by atoms with Crippen molar-refractivity contribution >= 4 is 12.2 Å². The summed E-state index contributed by atoms with van der Waals surface area (Å²) < 4.78 is 17.8. The summed E-state index contributed by atoms with van der Waals surface area (Å²) in [5.41, 5.74) is 1.81. The van der Waals surface area contributed by atoms with Crippen LogP contribution in [0.1, 0.15) is 11.1 Å². The molecule has 0 bridgehead atoms. The molecule has 108 valence electrons. The zero-order valence-corrected chi connectivity index (χ0v) is 11.5. The van der Waals surface area contributed by atoms with Gasteiger partial charge >= 0.3 is 6.09 Å². The van der Waals surface area contributed by atoms with Gasteiger partial charge in [-0.25, -0.2) is 9.18 Å². The Labute approximate surface area is 123 Å². The summed E-state index contributed by atoms with van der Waals surface area (Å²) in [6.45, 7) is 0.597. The van der Waals surface area contributed by atoms with Gasteiger partial charge in [0.15, 0.2) is 0 Å². The van der Waals surface area contributed by atoms with E-state index in [0.29, 0.717) is 6.54 Å². The smallest absolute Gasteiger partial charge is 0.407 e. The van der Waals surface area contributed by atoms with Gasteiger partial charge in [-0.3, -0.25) is 0 Å². The molecule has 0 heterocycles. The number of halogens is 1. The molecular weight excluding hydrogens is 269 g/mol. The molecule has 0 aliphatic rings. The molecule has 0 atom stereocenters. The van der Waals surface area contributed by atoms with Crippen LogP contribution in [0.25, 0.3) is 6.08 Å². The number of hydrogen-bond acceptors (Lipinski definition) is 2. The molecule has 0 aliphatic heterocycles. The zero-order chi connectivity index (χ0) is 14.9. The Morgan fingerprint density at radius 3 is 2.52 bits per heavy atom. The quantitative estimate of drug-likeness (QED) is 0.908. The first-order chi connectivity index (χ1) is 10.2. The molecule has 1 amide bonds. The highest BCUT2D eigenvalue weighted by Gasteiger charge is 2.00. The lowest BCUT2D eigenvalue weighted by molar-refractivity contribution is 0.141. The fourth-order valence-electron chi connectivity index (χ4n) is 1.69. The van der Waals surface area contributed by atoms with E-state index in [1.807, 2.05) is 30.3 Å². The number of carbonyl (C=O) groups excluding carboxylic acids is 1. The minimum atomic E-state index is -0.470. The normalized spacial score (nSPS) is 10.5. The lowest BCUT2D eigenvalue weighted by Crippen LogP contribution is -2.24. The van der Waals surface area contributed by atoms with E-state index in [9.17, 15) is 9.18 Å². The molecule has 3 nitrogen and oxygen atoms in total. The van der Waals surface area contributed by atoms with Crippen molar-refractivity contribution < 1.29 is 13.9 Å². The van der Waals surface area contributed by atoms with E-state index in [4.69, 9.17) is 4.74 Å². The van der Waals surface area contributed by atoms with Crippen LogP contribution < -0.4 is 5.32 Å². The highest BCUT2D eigenvalue weighted by atomic mass is 19.1. The highest BCUT2D eigenvalue weighted by molar-refractivity contribution is 5.67. The monoisotopic (exact) mass is 285 g/mol. The molecule has 0 spiro atoms. The predicted octanol–water partition coefficient (Wildman–Crippen LogP) is 3.77. The second kappa shape index (κ2) is 7.85. The first-order valence-corrected chi connectivity index (χ1v) is 6.61. The molecule has 0 saturated heterocycles. The molecule has 0 radical (unpaired) electrons. The maximum Gasteiger partial charge on any atom is 0.407 e. The molecule has 0 aromatic heterocycles. The van der Waals surface area contributed by atoms with Crippen molar-refractivity contribution in [2.45, 2.75) is 6.61 Å². The van der Waals surface area contributed by atoms with Crippen LogP contribution in [0.2, 0.25) is 0 Å². The molecule has 21 heavy (non-hydrogen) atoms. The van der Waals surface area contributed by atoms with E-state index in [2.05, 4.69) is 5.32 Å². The summed E-state index contributed by atoms with van der Waals surface area (Å²) in [5.74, 6) is -0.269. The maximum absolute atomic E-state index is 12.7. The zero-order valence-electron chi connectivity index (χ0n) is 11.5. The number of rotatable bonds is 5. The van der Waals surface area contributed by atoms with Crippen molar-refractivity contribution in [1.29, 1.82) is 0 Å². The van der Waals surface area contributed by atoms with Gasteiger partial charge in [-0.1, -0.05) is 54.6 Å². The van der Waals surface area contributed by atoms with Gasteiger partial charge in [0.2, 0.25) is 0 Å². The second-order valence-corrected chi connectivity index (χ2v) is 4.40. The molecular formula is C17H16FNO2. The van der Waals surface area contributed by atoms with Crippen molar-refractivity contribution in [2.75, 3.05) is 6.54 Å². The number of ether oxygens (including phenoxy) is 1. The Morgan fingerprint density at radius 2 is 1.81 bits per heavy atom. The van der Waals surface area contributed by atoms with Crippen molar-refractivity contribution in [1.82, 2.24) is 5.32 Å². The SMILES string of the molecule is O=C(NCC=Cc1ccc(F)cc1)OCc1ccccc1. The van der Waals surface area contributed by atoms with Gasteiger partial charge in [0.05, 0.1) is 0 Å². The Bertz CT molecular complexity index is 594. The fraction of sp³-hybridized carbons (Fsp3) is 0.118. The second-order valence-electron chi connectivity index (χ2n) is 4.40. The Balaban J connectivity index is 1.68. The topological polar surface area (TPSA) is 38.3 Å². The van der Waals surface area contributed by atoms with Crippen LogP contribution >= 0.6 is 0 Å². The largest absolute Gasteiger partial charge is 0.445 e. The van der Waals surface area contributed by atoms with E-state index in [-0.39, 0.29) is 12.4 Å². The van der Waals surface area contributed by atoms with Crippen molar-refractivity contribution in [3.8, 4) is 0 Å². The molecule has 0 saturated carbocycles. The average molecular weight is 285 g/mol. The van der Waals surface area contributed by atoms with Gasteiger partial charge in [-0.15, -0.1) is 0 Å². The Morgan fingerprint density at radius 1 is 1.10 bits per heavy atom. The van der Waals surface area contributed by atoms with E-state index in [0.717, 1.165) is 11.1 Å². The first-order valence-electron chi connectivity index (χ1n) is 6.61. The number of alkyl carbamates (subject to hydrolysis) is 1. The summed E-state index contributed by atoms with van der Waals surface area (Å²) in [4.78, 5) is 11.5. The highest BCUT2D eigenvalue weighted by Crippen LogP contribution is 2.04. The number of nitrogens with one attached hydrogen (secondary N) is 1. The van der Waals surface area contributed by atoms with Crippen LogP contribution in [0.3, 0.4) is 0 Å². The van der Waals surface area contributed by atoms with Gasteiger partial charge in [-0.2, -0.15) is 0 Å². The summed E-state index contributed by atoms with van der Waals surface area (Å²) in [5, 5.41) is 2.61. The van der Waals surface area contributed by atoms with Crippen LogP contribution in [0.4, 0.5) is 9.18 Å². The van der Waals surface area contributed by atoms with E-state index >= 15 is 0 Å². The Hall–Kier alpha value is -2.62. The number of amides is 1. The van der Waals surface area contributed by atoms with Crippen molar-refractivity contribution in [2.24, 2.45) is 0 Å². The van der Waals surface area contributed by atoms with Crippen LogP contribution in [0, 0.1) is 5.82 Å². The number of carbonyl (C=O) groups is 1. The minimum Gasteiger partial charge on any atom is -0.445 e. The molecule has 1 N–H and O–H groups in total. The number of hydrogen-bond donors (Lipinski definition) is 1. The maximum atomic E-state index is 12.7. The molecule has 0 unspecified atom stereocenters. The van der Waals surface area contributed by atoms with Crippen LogP contribution in [-0.4, -0.2) is 12.6 Å². The average Bonchev–Trinajstić information content (AvgIpc) is 2.52.